The van der Waals surface area contributed by atoms with Gasteiger partial charge in [0.15, 0.2) is 0 Å². The number of fused-ring (bicyclic) bond motifs is 1. The molecule has 0 saturated carbocycles. The molecule has 0 saturated heterocycles. The number of H-pyrrole nitrogens is 1. The molecule has 2 unspecified atom stereocenters. The van der Waals surface area contributed by atoms with Crippen LogP contribution in [-0.2, 0) is 17.8 Å². The van der Waals surface area contributed by atoms with Crippen LogP contribution in [0.4, 0.5) is 0 Å². The number of aromatic nitrogens is 2. The number of rotatable bonds is 6. The quantitative estimate of drug-likeness (QED) is 0.581. The van der Waals surface area contributed by atoms with E-state index < -0.39 is 0 Å². The Kier molecular flexibility index (Phi) is 4.93. The maximum absolute atomic E-state index is 12.1. The fourth-order valence-corrected chi connectivity index (χ4v) is 2.36. The molecule has 6 nitrogen and oxygen atoms in total. The highest BCUT2D eigenvalue weighted by molar-refractivity contribution is 5.82. The Bertz CT molecular complexity index is 419. The predicted molar refractivity (Wildman–Crippen MR) is 71.4 cm³/mol. The zero-order valence-corrected chi connectivity index (χ0v) is 11.3. The van der Waals surface area contributed by atoms with E-state index in [0.717, 1.165) is 24.2 Å². The van der Waals surface area contributed by atoms with Gasteiger partial charge in [0.2, 0.25) is 5.91 Å². The standard InChI is InChI=1S/C13H22N4O2/c1-2-9(3-4-18)6-15-13(19)11-5-10-12(7-14-11)17-8-16-10/h8-9,11,14,18H,2-7H2,1H3,(H,15,19)(H,16,17). The molecule has 0 aromatic carbocycles. The largest absolute Gasteiger partial charge is 0.396 e. The number of nitrogens with one attached hydrogen (secondary N) is 3. The van der Waals surface area contributed by atoms with Crippen LogP contribution in [0.1, 0.15) is 31.2 Å². The number of carbonyl (C=O) groups is 1. The minimum Gasteiger partial charge on any atom is -0.396 e. The van der Waals surface area contributed by atoms with Crippen LogP contribution in [0.3, 0.4) is 0 Å². The molecule has 4 N–H and O–H groups in total. The van der Waals surface area contributed by atoms with Crippen molar-refractivity contribution in [2.75, 3.05) is 13.2 Å². The molecule has 1 amide bonds. The van der Waals surface area contributed by atoms with E-state index >= 15 is 0 Å². The van der Waals surface area contributed by atoms with Crippen LogP contribution in [0.5, 0.6) is 0 Å². The molecule has 0 spiro atoms. The first-order valence-corrected chi connectivity index (χ1v) is 6.87. The van der Waals surface area contributed by atoms with Crippen LogP contribution >= 0.6 is 0 Å². The third-order valence-electron chi connectivity index (χ3n) is 3.73. The minimum absolute atomic E-state index is 0.0186. The highest BCUT2D eigenvalue weighted by Crippen LogP contribution is 2.12. The lowest BCUT2D eigenvalue weighted by Crippen LogP contribution is -2.48. The summed E-state index contributed by atoms with van der Waals surface area (Å²) in [4.78, 5) is 19.4. The van der Waals surface area contributed by atoms with Crippen molar-refractivity contribution in [3.8, 4) is 0 Å². The SMILES string of the molecule is CCC(CCO)CNC(=O)C1Cc2nc[nH]c2CN1. The Morgan fingerprint density at radius 2 is 2.53 bits per heavy atom. The van der Waals surface area contributed by atoms with E-state index in [4.69, 9.17) is 5.11 Å². The summed E-state index contributed by atoms with van der Waals surface area (Å²) in [5.41, 5.74) is 2.04. The average molecular weight is 266 g/mol. The Labute approximate surface area is 113 Å². The lowest BCUT2D eigenvalue weighted by molar-refractivity contribution is -0.123. The first-order valence-electron chi connectivity index (χ1n) is 6.87. The van der Waals surface area contributed by atoms with Gasteiger partial charge in [-0.15, -0.1) is 0 Å². The molecular formula is C13H22N4O2. The topological polar surface area (TPSA) is 90.0 Å². The fraction of sp³-hybridized carbons (Fsp3) is 0.692. The Morgan fingerprint density at radius 1 is 1.68 bits per heavy atom. The average Bonchev–Trinajstić information content (AvgIpc) is 2.90. The van der Waals surface area contributed by atoms with Crippen LogP contribution in [0, 0.1) is 5.92 Å². The van der Waals surface area contributed by atoms with Gasteiger partial charge in [0.1, 0.15) is 0 Å². The van der Waals surface area contributed by atoms with Gasteiger partial charge in [-0.2, -0.15) is 0 Å². The van der Waals surface area contributed by atoms with Crippen LogP contribution in [0.15, 0.2) is 6.33 Å². The van der Waals surface area contributed by atoms with Crippen molar-refractivity contribution < 1.29 is 9.90 Å². The van der Waals surface area contributed by atoms with E-state index in [-0.39, 0.29) is 18.6 Å². The monoisotopic (exact) mass is 266 g/mol. The Morgan fingerprint density at radius 3 is 3.26 bits per heavy atom. The van der Waals surface area contributed by atoms with Crippen LogP contribution in [0.2, 0.25) is 0 Å². The first kappa shape index (κ1) is 14.0. The molecule has 6 heteroatoms. The smallest absolute Gasteiger partial charge is 0.237 e. The first-order chi connectivity index (χ1) is 9.24. The Balaban J connectivity index is 1.81. The molecule has 1 aromatic rings. The third-order valence-corrected chi connectivity index (χ3v) is 3.73. The molecule has 0 radical (unpaired) electrons. The maximum Gasteiger partial charge on any atom is 0.237 e. The van der Waals surface area contributed by atoms with Gasteiger partial charge < -0.3 is 15.4 Å². The molecule has 1 aliphatic rings. The van der Waals surface area contributed by atoms with Crippen molar-refractivity contribution in [3.05, 3.63) is 17.7 Å². The van der Waals surface area contributed by atoms with E-state index in [1.165, 1.54) is 0 Å². The van der Waals surface area contributed by atoms with Crippen molar-refractivity contribution >= 4 is 5.91 Å². The van der Waals surface area contributed by atoms with E-state index in [0.29, 0.717) is 25.4 Å². The molecule has 2 rings (SSSR count). The predicted octanol–water partition coefficient (Wildman–Crippen LogP) is -0.0512. The van der Waals surface area contributed by atoms with Gasteiger partial charge in [0.25, 0.3) is 0 Å². The van der Waals surface area contributed by atoms with Crippen LogP contribution in [0.25, 0.3) is 0 Å². The molecule has 2 atom stereocenters. The van der Waals surface area contributed by atoms with E-state index in [9.17, 15) is 4.79 Å². The number of imidazole rings is 1. The summed E-state index contributed by atoms with van der Waals surface area (Å²) in [5, 5.41) is 15.1. The molecular weight excluding hydrogens is 244 g/mol. The van der Waals surface area contributed by atoms with Crippen molar-refractivity contribution in [1.82, 2.24) is 20.6 Å². The van der Waals surface area contributed by atoms with Gasteiger partial charge in [0, 0.05) is 26.1 Å². The zero-order valence-electron chi connectivity index (χ0n) is 11.3. The van der Waals surface area contributed by atoms with E-state index in [1.807, 2.05) is 0 Å². The zero-order chi connectivity index (χ0) is 13.7. The summed E-state index contributed by atoms with van der Waals surface area (Å²) < 4.78 is 0. The number of nitrogens with zero attached hydrogens (tertiary/aromatic N) is 1. The van der Waals surface area contributed by atoms with Gasteiger partial charge in [-0.1, -0.05) is 13.3 Å². The van der Waals surface area contributed by atoms with Crippen molar-refractivity contribution in [1.29, 1.82) is 0 Å². The molecule has 1 aromatic heterocycles. The van der Waals surface area contributed by atoms with Gasteiger partial charge >= 0.3 is 0 Å². The molecule has 2 heterocycles. The second-order valence-corrected chi connectivity index (χ2v) is 5.00. The molecule has 106 valence electrons. The summed E-state index contributed by atoms with van der Waals surface area (Å²) >= 11 is 0. The summed E-state index contributed by atoms with van der Waals surface area (Å²) in [6.07, 6.45) is 3.99. The van der Waals surface area contributed by atoms with Crippen molar-refractivity contribution in [3.63, 3.8) is 0 Å². The number of amides is 1. The van der Waals surface area contributed by atoms with E-state index in [2.05, 4.69) is 27.5 Å². The number of aromatic amines is 1. The molecule has 0 aliphatic carbocycles. The van der Waals surface area contributed by atoms with Crippen molar-refractivity contribution in [2.24, 2.45) is 5.92 Å². The van der Waals surface area contributed by atoms with E-state index in [1.54, 1.807) is 6.33 Å². The third kappa shape index (κ3) is 3.54. The second kappa shape index (κ2) is 6.68. The molecule has 0 bridgehead atoms. The minimum atomic E-state index is -0.206. The van der Waals surface area contributed by atoms with Gasteiger partial charge in [-0.3, -0.25) is 10.1 Å². The summed E-state index contributed by atoms with van der Waals surface area (Å²) in [5.74, 6) is 0.364. The normalized spacial score (nSPS) is 19.8. The summed E-state index contributed by atoms with van der Waals surface area (Å²) in [7, 11) is 0. The molecule has 19 heavy (non-hydrogen) atoms. The summed E-state index contributed by atoms with van der Waals surface area (Å²) in [6.45, 7) is 3.52. The number of carbonyl (C=O) groups excluding carboxylic acids is 1. The highest BCUT2D eigenvalue weighted by atomic mass is 16.3. The fourth-order valence-electron chi connectivity index (χ4n) is 2.36. The number of aliphatic hydroxyl groups is 1. The number of aliphatic hydroxyl groups excluding tert-OH is 1. The van der Waals surface area contributed by atoms with Crippen LogP contribution < -0.4 is 10.6 Å². The maximum atomic E-state index is 12.1. The van der Waals surface area contributed by atoms with Crippen LogP contribution in [-0.4, -0.2) is 40.2 Å². The lowest BCUT2D eigenvalue weighted by atomic mass is 10.0. The molecule has 0 fully saturated rings. The summed E-state index contributed by atoms with van der Waals surface area (Å²) in [6, 6.07) is -0.206. The van der Waals surface area contributed by atoms with Crippen molar-refractivity contribution in [2.45, 2.75) is 38.8 Å². The van der Waals surface area contributed by atoms with Gasteiger partial charge in [0.05, 0.1) is 23.8 Å². The van der Waals surface area contributed by atoms with Gasteiger partial charge in [-0.25, -0.2) is 4.98 Å². The lowest BCUT2D eigenvalue weighted by Gasteiger charge is -2.23. The number of hydrogen-bond acceptors (Lipinski definition) is 4. The number of hydrogen-bond donors (Lipinski definition) is 4. The molecule has 1 aliphatic heterocycles. The van der Waals surface area contributed by atoms with Gasteiger partial charge in [-0.05, 0) is 12.3 Å². The second-order valence-electron chi connectivity index (χ2n) is 5.00. The Hall–Kier alpha value is -1.40. The highest BCUT2D eigenvalue weighted by Gasteiger charge is 2.25.